The van der Waals surface area contributed by atoms with E-state index in [-0.39, 0.29) is 0 Å². The molecule has 9 rings (SSSR count). The van der Waals surface area contributed by atoms with Gasteiger partial charge in [-0.1, -0.05) is 92.5 Å². The fraction of sp³-hybridized carbons (Fsp3) is 0.158. The lowest BCUT2D eigenvalue weighted by Gasteiger charge is -2.07. The van der Waals surface area contributed by atoms with E-state index < -0.39 is 0 Å². The summed E-state index contributed by atoms with van der Waals surface area (Å²) in [5, 5.41) is 12.5. The summed E-state index contributed by atoms with van der Waals surface area (Å²) in [5.74, 6) is 0. The Morgan fingerprint density at radius 1 is 0.477 bits per heavy atom. The smallest absolute Gasteiger partial charge is 0.254 e. The second-order valence-electron chi connectivity index (χ2n) is 10.9. The zero-order valence-electron chi connectivity index (χ0n) is 24.3. The lowest BCUT2D eigenvalue weighted by Crippen LogP contribution is -2.33. The second kappa shape index (κ2) is 12.9. The van der Waals surface area contributed by atoms with Gasteiger partial charge in [0.1, 0.15) is 0 Å². The van der Waals surface area contributed by atoms with Crippen LogP contribution in [-0.4, -0.2) is 20.6 Å². The van der Waals surface area contributed by atoms with Crippen molar-refractivity contribution in [2.45, 2.75) is 25.9 Å². The monoisotopic (exact) mass is 702 g/mol. The normalized spacial score (nSPS) is 12.3. The highest BCUT2D eigenvalue weighted by molar-refractivity contribution is 9.09. The number of nitrogens with zero attached hydrogens (tertiary/aromatic N) is 4. The van der Waals surface area contributed by atoms with Gasteiger partial charge in [0.15, 0.2) is 25.5 Å². The number of hydrogen-bond acceptors (Lipinski definition) is 2. The molecule has 0 fully saturated rings. The molecular formula is C38H32Br2N4+2. The van der Waals surface area contributed by atoms with Crippen LogP contribution in [0.3, 0.4) is 0 Å². The van der Waals surface area contributed by atoms with Gasteiger partial charge in [0.05, 0.1) is 28.2 Å². The fourth-order valence-corrected chi connectivity index (χ4v) is 7.74. The summed E-state index contributed by atoms with van der Waals surface area (Å²) >= 11 is 6.56. The molecule has 216 valence electrons. The van der Waals surface area contributed by atoms with Crippen LogP contribution in [0.25, 0.3) is 65.2 Å². The first-order valence-electron chi connectivity index (χ1n) is 15.1. The van der Waals surface area contributed by atoms with E-state index in [1.807, 2.05) is 24.5 Å². The molecule has 0 aliphatic carbocycles. The van der Waals surface area contributed by atoms with Gasteiger partial charge in [-0.2, -0.15) is 9.13 Å². The number of halogens is 2. The summed E-state index contributed by atoms with van der Waals surface area (Å²) in [5.41, 5.74) is 4.72. The minimum Gasteiger partial charge on any atom is -0.254 e. The molecule has 5 heterocycles. The third kappa shape index (κ3) is 5.20. The molecule has 4 nitrogen and oxygen atoms in total. The zero-order valence-corrected chi connectivity index (χ0v) is 27.5. The van der Waals surface area contributed by atoms with E-state index in [1.165, 1.54) is 67.0 Å². The van der Waals surface area contributed by atoms with Gasteiger partial charge in [-0.25, -0.2) is 0 Å². The third-order valence-corrected chi connectivity index (χ3v) is 9.41. The lowest BCUT2D eigenvalue weighted by atomic mass is 9.99. The van der Waals surface area contributed by atoms with Gasteiger partial charge in [0.2, 0.25) is 0 Å². The minimum absolute atomic E-state index is 0.979. The summed E-state index contributed by atoms with van der Waals surface area (Å²) in [4.78, 5) is 8.99. The molecule has 4 aromatic heterocycles. The number of aryl methyl sites for hydroxylation is 2. The molecule has 0 radical (unpaired) electrons. The predicted molar refractivity (Wildman–Crippen MR) is 191 cm³/mol. The highest BCUT2D eigenvalue weighted by Crippen LogP contribution is 2.33. The molecular weight excluding hydrogens is 672 g/mol. The Balaban J connectivity index is 0.000000125. The van der Waals surface area contributed by atoms with Crippen molar-refractivity contribution in [2.75, 3.05) is 10.7 Å². The van der Waals surface area contributed by atoms with E-state index in [1.54, 1.807) is 0 Å². The first-order chi connectivity index (χ1) is 21.8. The minimum atomic E-state index is 0.979. The first-order valence-corrected chi connectivity index (χ1v) is 17.3. The lowest BCUT2D eigenvalue weighted by molar-refractivity contribution is -0.682. The number of alkyl halides is 2. The Bertz CT molecular complexity index is 1980. The van der Waals surface area contributed by atoms with Crippen molar-refractivity contribution in [2.24, 2.45) is 0 Å². The Kier molecular flexibility index (Phi) is 8.45. The number of rotatable bonds is 2. The third-order valence-electron chi connectivity index (χ3n) is 8.29. The molecule has 1 aliphatic rings. The van der Waals surface area contributed by atoms with Gasteiger partial charge in [0, 0.05) is 46.0 Å². The Morgan fingerprint density at radius 2 is 0.864 bits per heavy atom. The van der Waals surface area contributed by atoms with E-state index >= 15 is 0 Å². The topological polar surface area (TPSA) is 33.5 Å². The first kappa shape index (κ1) is 28.8. The maximum absolute atomic E-state index is 4.50. The number of pyridine rings is 4. The van der Waals surface area contributed by atoms with E-state index in [4.69, 9.17) is 0 Å². The molecule has 0 spiro atoms. The molecule has 0 N–H and O–H groups in total. The van der Waals surface area contributed by atoms with Crippen LogP contribution in [0.1, 0.15) is 12.8 Å². The fourth-order valence-electron chi connectivity index (χ4n) is 6.43. The average molecular weight is 705 g/mol. The summed E-state index contributed by atoms with van der Waals surface area (Å²) in [6.07, 6.45) is 10.5. The highest BCUT2D eigenvalue weighted by atomic mass is 79.9. The van der Waals surface area contributed by atoms with Crippen LogP contribution in [0.15, 0.2) is 122 Å². The number of fused-ring (bicyclic) bond motifs is 9. The van der Waals surface area contributed by atoms with Gasteiger partial charge >= 0.3 is 0 Å². The largest absolute Gasteiger partial charge is 0.285 e. The molecule has 0 amide bonds. The second-order valence-corrected chi connectivity index (χ2v) is 12.5. The Morgan fingerprint density at radius 3 is 1.27 bits per heavy atom. The van der Waals surface area contributed by atoms with Crippen molar-refractivity contribution in [3.8, 4) is 0 Å². The van der Waals surface area contributed by atoms with Crippen molar-refractivity contribution in [3.63, 3.8) is 0 Å². The molecule has 0 atom stereocenters. The van der Waals surface area contributed by atoms with Crippen LogP contribution in [0.4, 0.5) is 0 Å². The SMILES string of the molecule is BrCCCBr.c1ccc2c(c1)c1ccc[n+]3c1c1c2ccc[n+]1CCC3.c1ccc2c(c1)c1cccnc1c1ncccc21. The average Bonchev–Trinajstić information content (AvgIpc) is 3.29. The zero-order chi connectivity index (χ0) is 29.9. The van der Waals surface area contributed by atoms with Crippen molar-refractivity contribution in [1.29, 1.82) is 0 Å². The van der Waals surface area contributed by atoms with Gasteiger partial charge < -0.3 is 0 Å². The predicted octanol–water partition coefficient (Wildman–Crippen LogP) is 9.23. The molecule has 8 aromatic rings. The quantitative estimate of drug-likeness (QED) is 0.102. The number of aromatic nitrogens is 4. The molecule has 0 saturated heterocycles. The molecule has 1 aliphatic heterocycles. The summed E-state index contributed by atoms with van der Waals surface area (Å²) < 4.78 is 4.85. The molecule has 0 saturated carbocycles. The van der Waals surface area contributed by atoms with Crippen LogP contribution in [0.2, 0.25) is 0 Å². The maximum atomic E-state index is 4.50. The highest BCUT2D eigenvalue weighted by Gasteiger charge is 2.26. The van der Waals surface area contributed by atoms with Crippen LogP contribution < -0.4 is 9.13 Å². The van der Waals surface area contributed by atoms with E-state index in [2.05, 4.69) is 148 Å². The van der Waals surface area contributed by atoms with Gasteiger partial charge in [-0.3, -0.25) is 9.97 Å². The van der Waals surface area contributed by atoms with Crippen molar-refractivity contribution >= 4 is 97.0 Å². The Labute approximate surface area is 273 Å². The Hall–Kier alpha value is -4.00. The van der Waals surface area contributed by atoms with E-state index in [9.17, 15) is 0 Å². The van der Waals surface area contributed by atoms with Gasteiger partial charge in [-0.05, 0) is 52.2 Å². The number of hydrogen-bond donors (Lipinski definition) is 0. The molecule has 0 unspecified atom stereocenters. The van der Waals surface area contributed by atoms with Crippen molar-refractivity contribution in [3.05, 3.63) is 122 Å². The summed E-state index contributed by atoms with van der Waals surface area (Å²) in [6.45, 7) is 2.18. The van der Waals surface area contributed by atoms with Crippen LogP contribution in [0.5, 0.6) is 0 Å². The van der Waals surface area contributed by atoms with Crippen LogP contribution in [0, 0.1) is 0 Å². The van der Waals surface area contributed by atoms with Crippen LogP contribution in [-0.2, 0) is 13.1 Å². The summed E-state index contributed by atoms with van der Waals surface area (Å²) in [7, 11) is 0. The standard InChI is InChI=1S/C19H16N2.C16H10N2.C3H6Br2/c1-2-7-15-14(6-1)16-8-3-10-20-12-5-13-21-11-4-9-17(15)19(21)18(16)20;1-2-6-12-11(5-1)13-7-3-9-17-15(13)16-14(12)8-4-10-18-16;4-2-1-3-5/h1-4,6-11H,5,12-13H2;1-10H;1-3H2/q+2;;. The maximum Gasteiger partial charge on any atom is 0.285 e. The van der Waals surface area contributed by atoms with Crippen molar-refractivity contribution in [1.82, 2.24) is 9.97 Å². The van der Waals surface area contributed by atoms with Gasteiger partial charge in [0.25, 0.3) is 11.0 Å². The van der Waals surface area contributed by atoms with Crippen molar-refractivity contribution < 1.29 is 9.13 Å². The molecule has 6 heteroatoms. The molecule has 0 bridgehead atoms. The molecule has 4 aromatic carbocycles. The molecule has 44 heavy (non-hydrogen) atoms. The number of benzene rings is 4. The van der Waals surface area contributed by atoms with Crippen LogP contribution >= 0.6 is 31.9 Å². The van der Waals surface area contributed by atoms with E-state index in [0.29, 0.717) is 0 Å². The summed E-state index contributed by atoms with van der Waals surface area (Å²) in [6, 6.07) is 34.2. The van der Waals surface area contributed by atoms with E-state index in [0.717, 1.165) is 34.8 Å². The van der Waals surface area contributed by atoms with Gasteiger partial charge in [-0.15, -0.1) is 0 Å².